The number of hydrogen-bond acceptors (Lipinski definition) is 6. The van der Waals surface area contributed by atoms with Crippen LogP contribution in [0.25, 0.3) is 11.1 Å². The third kappa shape index (κ3) is 9.36. The summed E-state index contributed by atoms with van der Waals surface area (Å²) in [5.74, 6) is -0.986. The Balaban J connectivity index is 1.32. The summed E-state index contributed by atoms with van der Waals surface area (Å²) >= 11 is 0. The molecule has 8 heteroatoms. The minimum absolute atomic E-state index is 0.00532. The van der Waals surface area contributed by atoms with E-state index in [1.54, 1.807) is 0 Å². The van der Waals surface area contributed by atoms with Gasteiger partial charge in [-0.25, -0.2) is 0 Å². The van der Waals surface area contributed by atoms with Crippen molar-refractivity contribution in [3.8, 4) is 11.1 Å². The minimum atomic E-state index is -0.900. The molecule has 1 aliphatic heterocycles. The van der Waals surface area contributed by atoms with Crippen molar-refractivity contribution >= 4 is 11.9 Å². The molecule has 1 saturated heterocycles. The number of aliphatic hydroxyl groups is 1. The van der Waals surface area contributed by atoms with Gasteiger partial charge in [-0.15, -0.1) is 0 Å². The van der Waals surface area contributed by atoms with Gasteiger partial charge in [0.05, 0.1) is 18.8 Å². The van der Waals surface area contributed by atoms with Gasteiger partial charge in [-0.1, -0.05) is 110 Å². The van der Waals surface area contributed by atoms with Crippen LogP contribution in [-0.4, -0.2) is 46.7 Å². The van der Waals surface area contributed by atoms with Crippen LogP contribution >= 0.6 is 0 Å². The molecule has 5 rings (SSSR count). The molecule has 1 fully saturated rings. The quantitative estimate of drug-likeness (QED) is 0.142. The largest absolute Gasteiger partial charge is 0.481 e. The number of carbonyl (C=O) groups is 2. The first-order valence-corrected chi connectivity index (χ1v) is 16.2. The maximum absolute atomic E-state index is 12.3. The standard InChI is InChI=1S/C39H44N2O6/c1-27-35(25-41(2)24-28-9-4-3-5-10-28)46-39(47-38(27)31-17-15-29(26-42)16-18-31)32-21-19-30(20-22-32)34-12-7-6-11-33(34)23-40-36(43)13-8-14-37(44)45/h3-7,9-12,15-22,27,35,38-39,42H,8,13-14,23-26H2,1-2H3,(H,40,43)(H,44,45). The predicted octanol–water partition coefficient (Wildman–Crippen LogP) is 6.64. The van der Waals surface area contributed by atoms with Gasteiger partial charge < -0.3 is 25.0 Å². The Hall–Kier alpha value is -4.34. The highest BCUT2D eigenvalue weighted by Gasteiger charge is 2.38. The number of benzene rings is 4. The molecular weight excluding hydrogens is 592 g/mol. The minimum Gasteiger partial charge on any atom is -0.481 e. The smallest absolute Gasteiger partial charge is 0.303 e. The maximum atomic E-state index is 12.3. The SMILES string of the molecule is CC1C(CN(C)Cc2ccccc2)OC(c2ccc(-c3ccccc3CNC(=O)CCCC(=O)O)cc2)OC1c1ccc(CO)cc1. The topological polar surface area (TPSA) is 108 Å². The van der Waals surface area contributed by atoms with Crippen LogP contribution in [0.3, 0.4) is 0 Å². The van der Waals surface area contributed by atoms with E-state index in [9.17, 15) is 14.7 Å². The molecule has 1 amide bonds. The van der Waals surface area contributed by atoms with Gasteiger partial charge in [0.1, 0.15) is 0 Å². The first-order valence-electron chi connectivity index (χ1n) is 16.2. The molecule has 0 aliphatic carbocycles. The number of rotatable bonds is 14. The number of aliphatic carboxylic acids is 1. The van der Waals surface area contributed by atoms with Gasteiger partial charge in [0.2, 0.25) is 5.91 Å². The molecule has 3 N–H and O–H groups in total. The summed E-state index contributed by atoms with van der Waals surface area (Å²) in [6, 6.07) is 34.5. The Morgan fingerprint density at radius 1 is 0.809 bits per heavy atom. The number of hydrogen-bond donors (Lipinski definition) is 3. The van der Waals surface area contributed by atoms with Crippen LogP contribution in [0.2, 0.25) is 0 Å². The molecule has 0 aromatic heterocycles. The lowest BCUT2D eigenvalue weighted by molar-refractivity contribution is -0.276. The zero-order valence-electron chi connectivity index (χ0n) is 27.0. The van der Waals surface area contributed by atoms with E-state index < -0.39 is 12.3 Å². The number of ether oxygens (including phenoxy) is 2. The monoisotopic (exact) mass is 636 g/mol. The molecule has 246 valence electrons. The second-order valence-electron chi connectivity index (χ2n) is 12.3. The normalized spacial score (nSPS) is 19.4. The van der Waals surface area contributed by atoms with Crippen molar-refractivity contribution in [2.45, 2.75) is 64.4 Å². The lowest BCUT2D eigenvalue weighted by Crippen LogP contribution is -2.43. The lowest BCUT2D eigenvalue weighted by Gasteiger charge is -2.42. The summed E-state index contributed by atoms with van der Waals surface area (Å²) in [6.07, 6.45) is -0.392. The number of carbonyl (C=O) groups excluding carboxylic acids is 1. The summed E-state index contributed by atoms with van der Waals surface area (Å²) in [4.78, 5) is 25.3. The van der Waals surface area contributed by atoms with Crippen LogP contribution in [-0.2, 0) is 38.8 Å². The van der Waals surface area contributed by atoms with Crippen molar-refractivity contribution in [3.05, 3.63) is 131 Å². The van der Waals surface area contributed by atoms with Crippen LogP contribution in [0, 0.1) is 5.92 Å². The fourth-order valence-electron chi connectivity index (χ4n) is 6.05. The van der Waals surface area contributed by atoms with E-state index in [-0.39, 0.29) is 43.5 Å². The number of nitrogens with one attached hydrogen (secondary N) is 1. The molecule has 4 aromatic rings. The zero-order chi connectivity index (χ0) is 33.2. The fourth-order valence-corrected chi connectivity index (χ4v) is 6.05. The van der Waals surface area contributed by atoms with Crippen molar-refractivity contribution < 1.29 is 29.3 Å². The average molecular weight is 637 g/mol. The van der Waals surface area contributed by atoms with Gasteiger partial charge in [0, 0.05) is 44.0 Å². The number of amides is 1. The molecule has 1 heterocycles. The van der Waals surface area contributed by atoms with Crippen molar-refractivity contribution in [3.63, 3.8) is 0 Å². The molecule has 47 heavy (non-hydrogen) atoms. The van der Waals surface area contributed by atoms with Crippen LogP contribution < -0.4 is 5.32 Å². The van der Waals surface area contributed by atoms with Crippen LogP contribution in [0.4, 0.5) is 0 Å². The van der Waals surface area contributed by atoms with Gasteiger partial charge in [-0.2, -0.15) is 0 Å². The molecule has 4 unspecified atom stereocenters. The van der Waals surface area contributed by atoms with E-state index in [2.05, 4.69) is 60.6 Å². The third-order valence-electron chi connectivity index (χ3n) is 8.69. The molecule has 4 atom stereocenters. The van der Waals surface area contributed by atoms with E-state index in [0.717, 1.165) is 46.5 Å². The van der Waals surface area contributed by atoms with Gasteiger partial charge in [-0.3, -0.25) is 14.5 Å². The highest BCUT2D eigenvalue weighted by Crippen LogP contribution is 2.42. The lowest BCUT2D eigenvalue weighted by atomic mass is 9.90. The van der Waals surface area contributed by atoms with Crippen LogP contribution in [0.15, 0.2) is 103 Å². The maximum Gasteiger partial charge on any atom is 0.303 e. The van der Waals surface area contributed by atoms with E-state index in [4.69, 9.17) is 14.6 Å². The third-order valence-corrected chi connectivity index (χ3v) is 8.69. The first-order chi connectivity index (χ1) is 22.8. The van der Waals surface area contributed by atoms with Crippen LogP contribution in [0.5, 0.6) is 0 Å². The molecule has 4 aromatic carbocycles. The van der Waals surface area contributed by atoms with Gasteiger partial charge >= 0.3 is 5.97 Å². The summed E-state index contributed by atoms with van der Waals surface area (Å²) in [5.41, 5.74) is 7.05. The first kappa shape index (κ1) is 34.0. The molecule has 0 radical (unpaired) electrons. The Morgan fingerprint density at radius 3 is 2.19 bits per heavy atom. The number of likely N-dealkylation sites (N-methyl/N-ethyl adjacent to an activating group) is 1. The van der Waals surface area contributed by atoms with E-state index in [0.29, 0.717) is 13.0 Å². The number of aliphatic hydroxyl groups excluding tert-OH is 1. The predicted molar refractivity (Wildman–Crippen MR) is 181 cm³/mol. The van der Waals surface area contributed by atoms with Gasteiger partial charge in [0.25, 0.3) is 0 Å². The van der Waals surface area contributed by atoms with Crippen molar-refractivity contribution in [1.29, 1.82) is 0 Å². The second kappa shape index (κ2) is 16.5. The number of nitrogens with zero attached hydrogens (tertiary/aromatic N) is 1. The molecule has 0 saturated carbocycles. The highest BCUT2D eigenvalue weighted by atomic mass is 16.7. The summed E-state index contributed by atoms with van der Waals surface area (Å²) in [7, 11) is 2.11. The van der Waals surface area contributed by atoms with E-state index in [1.807, 2.05) is 66.7 Å². The Bertz CT molecular complexity index is 1590. The van der Waals surface area contributed by atoms with E-state index >= 15 is 0 Å². The molecule has 1 aliphatic rings. The second-order valence-corrected chi connectivity index (χ2v) is 12.3. The summed E-state index contributed by atoms with van der Waals surface area (Å²) in [5, 5.41) is 21.3. The van der Waals surface area contributed by atoms with Gasteiger partial charge in [0.15, 0.2) is 6.29 Å². The number of carboxylic acids is 1. The van der Waals surface area contributed by atoms with Crippen LogP contribution in [0.1, 0.15) is 66.4 Å². The van der Waals surface area contributed by atoms with Crippen molar-refractivity contribution in [2.75, 3.05) is 13.6 Å². The Morgan fingerprint density at radius 2 is 1.49 bits per heavy atom. The zero-order valence-corrected chi connectivity index (χ0v) is 27.0. The van der Waals surface area contributed by atoms with E-state index in [1.165, 1.54) is 5.56 Å². The highest BCUT2D eigenvalue weighted by molar-refractivity contribution is 5.77. The Kier molecular flexibility index (Phi) is 11.9. The average Bonchev–Trinajstić information content (AvgIpc) is 3.09. The Labute approximate surface area is 277 Å². The number of carboxylic acid groups (broad SMARTS) is 1. The molecule has 0 bridgehead atoms. The summed E-state index contributed by atoms with van der Waals surface area (Å²) < 4.78 is 13.4. The summed E-state index contributed by atoms with van der Waals surface area (Å²) in [6.45, 7) is 4.06. The van der Waals surface area contributed by atoms with Crippen molar-refractivity contribution in [2.24, 2.45) is 5.92 Å². The molecule has 0 spiro atoms. The fraction of sp³-hybridized carbons (Fsp3) is 0.333. The molecule has 8 nitrogen and oxygen atoms in total. The van der Waals surface area contributed by atoms with Gasteiger partial charge in [-0.05, 0) is 46.8 Å². The molecular formula is C39H44N2O6. The van der Waals surface area contributed by atoms with Crippen molar-refractivity contribution in [1.82, 2.24) is 10.2 Å².